The molecule has 0 saturated heterocycles. The van der Waals surface area contributed by atoms with Crippen molar-refractivity contribution < 1.29 is 24.0 Å². The number of nitro groups is 1. The molecule has 1 amide bonds. The molecule has 0 aliphatic heterocycles. The van der Waals surface area contributed by atoms with Crippen LogP contribution in [0.1, 0.15) is 43.5 Å². The average Bonchev–Trinajstić information content (AvgIpc) is 2.65. The molecule has 0 aliphatic rings. The summed E-state index contributed by atoms with van der Waals surface area (Å²) in [6.45, 7) is 7.83. The number of nitro benzene ring substituents is 1. The van der Waals surface area contributed by atoms with E-state index in [0.717, 1.165) is 6.42 Å². The van der Waals surface area contributed by atoms with Gasteiger partial charge in [0, 0.05) is 18.7 Å². The number of esters is 1. The van der Waals surface area contributed by atoms with E-state index in [1.807, 2.05) is 6.92 Å². The summed E-state index contributed by atoms with van der Waals surface area (Å²) >= 11 is 0. The van der Waals surface area contributed by atoms with Crippen LogP contribution in [0, 0.1) is 10.1 Å². The smallest absolute Gasteiger partial charge is 0.340 e. The molecule has 0 fully saturated rings. The lowest BCUT2D eigenvalue weighted by Crippen LogP contribution is -2.36. The number of amides is 1. The molecule has 0 N–H and O–H groups in total. The molecule has 0 aromatic heterocycles. The molecule has 0 bridgehead atoms. The van der Waals surface area contributed by atoms with Crippen LogP contribution < -0.4 is 4.90 Å². The maximum atomic E-state index is 12.7. The van der Waals surface area contributed by atoms with Crippen molar-refractivity contribution in [3.05, 3.63) is 46.5 Å². The molecule has 8 nitrogen and oxygen atoms in total. The Morgan fingerprint density at radius 3 is 2.67 bits per heavy atom. The van der Waals surface area contributed by atoms with Gasteiger partial charge in [-0.25, -0.2) is 4.79 Å². The van der Waals surface area contributed by atoms with Crippen LogP contribution in [-0.4, -0.2) is 43.2 Å². The van der Waals surface area contributed by atoms with E-state index in [2.05, 4.69) is 6.58 Å². The molecule has 1 aromatic rings. The first-order valence-corrected chi connectivity index (χ1v) is 8.90. The molecule has 0 saturated carbocycles. The largest absolute Gasteiger partial charge is 0.462 e. The maximum Gasteiger partial charge on any atom is 0.340 e. The van der Waals surface area contributed by atoms with Crippen LogP contribution in [0.15, 0.2) is 30.9 Å². The van der Waals surface area contributed by atoms with Crippen molar-refractivity contribution in [3.63, 3.8) is 0 Å². The lowest BCUT2D eigenvalue weighted by atomic mass is 10.1. The van der Waals surface area contributed by atoms with Gasteiger partial charge in [0.1, 0.15) is 6.61 Å². The summed E-state index contributed by atoms with van der Waals surface area (Å²) in [6, 6.07) is 3.76. The van der Waals surface area contributed by atoms with Gasteiger partial charge in [0.25, 0.3) is 11.6 Å². The van der Waals surface area contributed by atoms with Crippen LogP contribution in [0.5, 0.6) is 0 Å². The van der Waals surface area contributed by atoms with Crippen molar-refractivity contribution >= 4 is 23.3 Å². The highest BCUT2D eigenvalue weighted by Crippen LogP contribution is 2.28. The predicted octanol–water partition coefficient (Wildman–Crippen LogP) is 3.50. The number of carbonyl (C=O) groups is 2. The average molecular weight is 378 g/mol. The van der Waals surface area contributed by atoms with Crippen molar-refractivity contribution in [2.45, 2.75) is 33.1 Å². The van der Waals surface area contributed by atoms with Crippen molar-refractivity contribution in [2.24, 2.45) is 0 Å². The Balaban J connectivity index is 3.24. The first-order valence-electron chi connectivity index (χ1n) is 8.90. The Morgan fingerprint density at radius 2 is 2.07 bits per heavy atom. The van der Waals surface area contributed by atoms with E-state index in [-0.39, 0.29) is 36.1 Å². The van der Waals surface area contributed by atoms with Crippen LogP contribution in [-0.2, 0) is 14.3 Å². The second-order valence-electron chi connectivity index (χ2n) is 5.71. The number of carbonyl (C=O) groups excluding carboxylic acids is 2. The van der Waals surface area contributed by atoms with E-state index >= 15 is 0 Å². The highest BCUT2D eigenvalue weighted by atomic mass is 16.6. The molecule has 148 valence electrons. The highest BCUT2D eigenvalue weighted by molar-refractivity contribution is 6.03. The Bertz CT molecular complexity index is 674. The van der Waals surface area contributed by atoms with E-state index in [1.165, 1.54) is 23.1 Å². The Hall–Kier alpha value is -2.74. The zero-order chi connectivity index (χ0) is 20.2. The molecule has 0 radical (unpaired) electrons. The van der Waals surface area contributed by atoms with Gasteiger partial charge in [0.2, 0.25) is 0 Å². The van der Waals surface area contributed by atoms with Gasteiger partial charge >= 0.3 is 5.97 Å². The van der Waals surface area contributed by atoms with Crippen LogP contribution in [0.2, 0.25) is 0 Å². The molecular formula is C19H26N2O6. The quantitative estimate of drug-likeness (QED) is 0.181. The van der Waals surface area contributed by atoms with Crippen LogP contribution >= 0.6 is 0 Å². The molecule has 0 spiro atoms. The Kier molecular flexibility index (Phi) is 9.74. The van der Waals surface area contributed by atoms with Crippen molar-refractivity contribution in [1.29, 1.82) is 0 Å². The number of anilines is 1. The third-order valence-electron chi connectivity index (χ3n) is 3.71. The minimum absolute atomic E-state index is 0.109. The second kappa shape index (κ2) is 11.8. The second-order valence-corrected chi connectivity index (χ2v) is 5.71. The number of nitrogens with zero attached hydrogens (tertiary/aromatic N) is 2. The van der Waals surface area contributed by atoms with Crippen LogP contribution in [0.4, 0.5) is 11.4 Å². The lowest BCUT2D eigenvalue weighted by Gasteiger charge is -2.24. The summed E-state index contributed by atoms with van der Waals surface area (Å²) in [4.78, 5) is 36.9. The summed E-state index contributed by atoms with van der Waals surface area (Å²) in [5.74, 6) is -1.01. The fraction of sp³-hybridized carbons (Fsp3) is 0.474. The molecule has 0 heterocycles. The van der Waals surface area contributed by atoms with Gasteiger partial charge in [-0.2, -0.15) is 0 Å². The number of unbranched alkanes of at least 4 members (excludes halogenated alkanes) is 1. The summed E-state index contributed by atoms with van der Waals surface area (Å²) in [5, 5.41) is 11.2. The normalized spacial score (nSPS) is 10.3. The van der Waals surface area contributed by atoms with Gasteiger partial charge in [-0.05, 0) is 25.8 Å². The van der Waals surface area contributed by atoms with Gasteiger partial charge in [0.05, 0.1) is 29.4 Å². The number of ether oxygens (including phenoxy) is 2. The van der Waals surface area contributed by atoms with Gasteiger partial charge in [0.15, 0.2) is 0 Å². The molecule has 8 heteroatoms. The van der Waals surface area contributed by atoms with Crippen molar-refractivity contribution in [2.75, 3.05) is 31.3 Å². The molecule has 1 aromatic carbocycles. The molecular weight excluding hydrogens is 352 g/mol. The van der Waals surface area contributed by atoms with E-state index in [0.29, 0.717) is 26.0 Å². The summed E-state index contributed by atoms with van der Waals surface area (Å²) in [6.07, 6.45) is 3.76. The standard InChI is InChI=1S/C19H26N2O6/c1-4-7-11-20(18(22)14-26-12-8-5-2)17-13-15(21(24)25)9-10-16(17)19(23)27-6-3/h5,9-10,13H,2,4,6-8,11-12,14H2,1,3H3. The fourth-order valence-corrected chi connectivity index (χ4v) is 2.34. The minimum atomic E-state index is -0.635. The zero-order valence-electron chi connectivity index (χ0n) is 15.8. The first-order chi connectivity index (χ1) is 13.0. The number of non-ortho nitro benzene ring substituents is 1. The summed E-state index contributed by atoms with van der Waals surface area (Å²) in [5.41, 5.74) is 0.0614. The van der Waals surface area contributed by atoms with Gasteiger partial charge in [-0.15, -0.1) is 6.58 Å². The third-order valence-corrected chi connectivity index (χ3v) is 3.71. The number of benzene rings is 1. The fourth-order valence-electron chi connectivity index (χ4n) is 2.34. The first kappa shape index (κ1) is 22.3. The minimum Gasteiger partial charge on any atom is -0.462 e. The Morgan fingerprint density at radius 1 is 1.33 bits per heavy atom. The molecule has 0 unspecified atom stereocenters. The lowest BCUT2D eigenvalue weighted by molar-refractivity contribution is -0.384. The topological polar surface area (TPSA) is 99.0 Å². The van der Waals surface area contributed by atoms with E-state index < -0.39 is 10.9 Å². The van der Waals surface area contributed by atoms with Crippen molar-refractivity contribution in [1.82, 2.24) is 0 Å². The monoisotopic (exact) mass is 378 g/mol. The predicted molar refractivity (Wildman–Crippen MR) is 102 cm³/mol. The van der Waals surface area contributed by atoms with E-state index in [4.69, 9.17) is 9.47 Å². The van der Waals surface area contributed by atoms with Gasteiger partial charge < -0.3 is 14.4 Å². The van der Waals surface area contributed by atoms with Crippen molar-refractivity contribution in [3.8, 4) is 0 Å². The third kappa shape index (κ3) is 6.82. The number of hydrogen-bond acceptors (Lipinski definition) is 6. The SMILES string of the molecule is C=CCCOCC(=O)N(CCCC)c1cc([N+](=O)[O-])ccc1C(=O)OCC. The molecule has 1 rings (SSSR count). The van der Waals surface area contributed by atoms with Crippen LogP contribution in [0.3, 0.4) is 0 Å². The summed E-state index contributed by atoms with van der Waals surface area (Å²) < 4.78 is 10.4. The van der Waals surface area contributed by atoms with E-state index in [9.17, 15) is 19.7 Å². The number of hydrogen-bond donors (Lipinski definition) is 0. The number of rotatable bonds is 12. The zero-order valence-corrected chi connectivity index (χ0v) is 15.8. The van der Waals surface area contributed by atoms with E-state index in [1.54, 1.807) is 13.0 Å². The molecule has 0 atom stereocenters. The maximum absolute atomic E-state index is 12.7. The van der Waals surface area contributed by atoms with Crippen LogP contribution in [0.25, 0.3) is 0 Å². The van der Waals surface area contributed by atoms with Gasteiger partial charge in [-0.1, -0.05) is 19.4 Å². The Labute approximate surface area is 158 Å². The summed E-state index contributed by atoms with van der Waals surface area (Å²) in [7, 11) is 0. The molecule has 0 aliphatic carbocycles. The highest BCUT2D eigenvalue weighted by Gasteiger charge is 2.25. The molecule has 27 heavy (non-hydrogen) atoms. The van der Waals surface area contributed by atoms with Gasteiger partial charge in [-0.3, -0.25) is 14.9 Å².